The Balaban J connectivity index is 1.85. The van der Waals surface area contributed by atoms with Crippen molar-refractivity contribution in [2.24, 2.45) is 0 Å². The summed E-state index contributed by atoms with van der Waals surface area (Å²) in [5.74, 6) is -2.38. The van der Waals surface area contributed by atoms with Gasteiger partial charge in [0, 0.05) is 18.7 Å². The number of carbonyl (C=O) groups excluding carboxylic acids is 2. The molecule has 0 aliphatic carbocycles. The van der Waals surface area contributed by atoms with E-state index in [0.717, 1.165) is 12.8 Å². The molecule has 2 aliphatic heterocycles. The van der Waals surface area contributed by atoms with Gasteiger partial charge in [-0.05, 0) is 61.2 Å². The fourth-order valence-electron chi connectivity index (χ4n) is 4.25. The molecule has 7 nitrogen and oxygen atoms in total. The van der Waals surface area contributed by atoms with Crippen LogP contribution in [0.1, 0.15) is 35.6 Å². The van der Waals surface area contributed by atoms with E-state index in [0.29, 0.717) is 17.7 Å². The molecule has 2 fully saturated rings. The summed E-state index contributed by atoms with van der Waals surface area (Å²) in [5, 5.41) is 21.3. The zero-order valence-corrected chi connectivity index (χ0v) is 17.8. The monoisotopic (exact) mass is 441 g/mol. The normalized spacial score (nSPS) is 22.5. The third kappa shape index (κ3) is 3.82. The summed E-state index contributed by atoms with van der Waals surface area (Å²) in [6.07, 6.45) is 1.38. The van der Waals surface area contributed by atoms with E-state index in [2.05, 4.69) is 0 Å². The average Bonchev–Trinajstić information content (AvgIpc) is 3.37. The summed E-state index contributed by atoms with van der Waals surface area (Å²) < 4.78 is 24.5. The fourth-order valence-corrected chi connectivity index (χ4v) is 4.25. The molecule has 2 atom stereocenters. The molecule has 2 heterocycles. The van der Waals surface area contributed by atoms with Crippen LogP contribution in [0.25, 0.3) is 5.76 Å². The zero-order chi connectivity index (χ0) is 23.0. The first-order valence-electron chi connectivity index (χ1n) is 10.3. The first-order chi connectivity index (χ1) is 15.3. The molecule has 168 valence electrons. The van der Waals surface area contributed by atoms with Gasteiger partial charge in [-0.25, -0.2) is 4.39 Å². The lowest BCUT2D eigenvalue weighted by Gasteiger charge is -2.27. The van der Waals surface area contributed by atoms with Gasteiger partial charge in [-0.1, -0.05) is 6.07 Å². The number of aliphatic hydroxyl groups excluding tert-OH is 1. The first kappa shape index (κ1) is 21.8. The number of carbonyl (C=O) groups is 2. The number of methoxy groups -OCH3 is 1. The Hall–Kier alpha value is -3.39. The number of halogens is 1. The second-order valence-corrected chi connectivity index (χ2v) is 7.98. The number of aromatic hydroxyl groups is 1. The van der Waals surface area contributed by atoms with Crippen molar-refractivity contribution >= 4 is 17.4 Å². The van der Waals surface area contributed by atoms with Crippen LogP contribution in [0.2, 0.25) is 0 Å². The van der Waals surface area contributed by atoms with E-state index in [9.17, 15) is 24.2 Å². The van der Waals surface area contributed by atoms with Gasteiger partial charge in [-0.15, -0.1) is 0 Å². The Bertz CT molecular complexity index is 1110. The second-order valence-electron chi connectivity index (χ2n) is 7.98. The summed E-state index contributed by atoms with van der Waals surface area (Å²) in [4.78, 5) is 27.4. The molecular formula is C24H24FNO6. The number of phenols is 1. The van der Waals surface area contributed by atoms with Crippen LogP contribution in [0.5, 0.6) is 11.5 Å². The summed E-state index contributed by atoms with van der Waals surface area (Å²) in [6, 6.07) is 7.58. The van der Waals surface area contributed by atoms with Crippen LogP contribution < -0.4 is 4.74 Å². The van der Waals surface area contributed by atoms with Gasteiger partial charge in [0.2, 0.25) is 0 Å². The molecule has 0 aromatic heterocycles. The third-order valence-electron chi connectivity index (χ3n) is 5.91. The maximum Gasteiger partial charge on any atom is 0.295 e. The summed E-state index contributed by atoms with van der Waals surface area (Å²) in [6.45, 7) is 2.29. The Morgan fingerprint density at radius 2 is 2.03 bits per heavy atom. The molecule has 0 spiro atoms. The number of hydrogen-bond acceptors (Lipinski definition) is 6. The third-order valence-corrected chi connectivity index (χ3v) is 5.91. The lowest BCUT2D eigenvalue weighted by molar-refractivity contribution is -0.140. The number of ketones is 1. The number of likely N-dealkylation sites (tertiary alicyclic amines) is 1. The van der Waals surface area contributed by atoms with E-state index in [1.54, 1.807) is 13.0 Å². The van der Waals surface area contributed by atoms with Crippen molar-refractivity contribution in [1.29, 1.82) is 0 Å². The lowest BCUT2D eigenvalue weighted by atomic mass is 9.94. The van der Waals surface area contributed by atoms with E-state index in [-0.39, 0.29) is 35.3 Å². The maximum atomic E-state index is 13.7. The predicted molar refractivity (Wildman–Crippen MR) is 114 cm³/mol. The first-order valence-corrected chi connectivity index (χ1v) is 10.3. The minimum atomic E-state index is -0.943. The number of ether oxygens (including phenoxy) is 2. The molecular weight excluding hydrogens is 417 g/mol. The second kappa shape index (κ2) is 8.63. The van der Waals surface area contributed by atoms with E-state index in [1.807, 2.05) is 0 Å². The Labute approximate surface area is 184 Å². The Morgan fingerprint density at radius 3 is 2.66 bits per heavy atom. The number of nitrogens with zero attached hydrogens (tertiary/aromatic N) is 1. The summed E-state index contributed by atoms with van der Waals surface area (Å²) in [5.41, 5.74) is 0.826. The molecule has 1 amide bonds. The predicted octanol–water partition coefficient (Wildman–Crippen LogP) is 3.45. The quantitative estimate of drug-likeness (QED) is 0.419. The van der Waals surface area contributed by atoms with Gasteiger partial charge < -0.3 is 24.6 Å². The van der Waals surface area contributed by atoms with Crippen LogP contribution in [0.3, 0.4) is 0 Å². The van der Waals surface area contributed by atoms with Crippen molar-refractivity contribution < 1.29 is 33.7 Å². The van der Waals surface area contributed by atoms with Crippen LogP contribution >= 0.6 is 0 Å². The van der Waals surface area contributed by atoms with Crippen LogP contribution in [0.4, 0.5) is 4.39 Å². The highest BCUT2D eigenvalue weighted by Crippen LogP contribution is 2.42. The number of rotatable bonds is 5. The van der Waals surface area contributed by atoms with Gasteiger partial charge >= 0.3 is 0 Å². The summed E-state index contributed by atoms with van der Waals surface area (Å²) in [7, 11) is 1.41. The van der Waals surface area contributed by atoms with Crippen LogP contribution in [-0.4, -0.2) is 53.2 Å². The van der Waals surface area contributed by atoms with Crippen LogP contribution in [-0.2, 0) is 14.3 Å². The van der Waals surface area contributed by atoms with Crippen molar-refractivity contribution in [3.8, 4) is 11.5 Å². The highest BCUT2D eigenvalue weighted by atomic mass is 19.1. The van der Waals surface area contributed by atoms with E-state index < -0.39 is 29.3 Å². The number of amides is 1. The molecule has 0 radical (unpaired) electrons. The van der Waals surface area contributed by atoms with Crippen LogP contribution in [0.15, 0.2) is 42.0 Å². The molecule has 2 aromatic rings. The zero-order valence-electron chi connectivity index (χ0n) is 17.8. The highest BCUT2D eigenvalue weighted by molar-refractivity contribution is 6.46. The topological polar surface area (TPSA) is 96.3 Å². The van der Waals surface area contributed by atoms with Crippen LogP contribution in [0, 0.1) is 12.7 Å². The molecule has 4 rings (SSSR count). The number of aliphatic hydroxyl groups is 1. The van der Waals surface area contributed by atoms with Gasteiger partial charge in [0.05, 0.1) is 24.8 Å². The number of hydrogen-bond donors (Lipinski definition) is 2. The van der Waals surface area contributed by atoms with Crippen molar-refractivity contribution in [1.82, 2.24) is 4.90 Å². The molecule has 2 unspecified atom stereocenters. The standard InChI is InChI=1S/C24H24FNO6/c1-13-10-15(5-7-17(13)25)22(28)20-21(14-6-8-19(31-2)18(27)11-14)26(24(30)23(20)29)12-16-4-3-9-32-16/h5-8,10-11,16,21,27-28H,3-4,9,12H2,1-2H3/b22-20-. The van der Waals surface area contributed by atoms with E-state index in [4.69, 9.17) is 9.47 Å². The number of benzene rings is 2. The molecule has 32 heavy (non-hydrogen) atoms. The van der Waals surface area contributed by atoms with Crippen molar-refractivity contribution in [2.75, 3.05) is 20.3 Å². The van der Waals surface area contributed by atoms with Gasteiger partial charge in [-0.3, -0.25) is 9.59 Å². The molecule has 8 heteroatoms. The Kier molecular flexibility index (Phi) is 5.88. The molecule has 0 saturated carbocycles. The minimum absolute atomic E-state index is 0.122. The fraction of sp³-hybridized carbons (Fsp3) is 0.333. The number of Topliss-reactive ketones (excluding diaryl/α,β-unsaturated/α-hetero) is 1. The van der Waals surface area contributed by atoms with Crippen molar-refractivity contribution in [3.63, 3.8) is 0 Å². The van der Waals surface area contributed by atoms with Gasteiger partial charge in [-0.2, -0.15) is 0 Å². The van der Waals surface area contributed by atoms with Gasteiger partial charge in [0.25, 0.3) is 11.7 Å². The largest absolute Gasteiger partial charge is 0.507 e. The molecule has 2 aliphatic rings. The molecule has 2 N–H and O–H groups in total. The Morgan fingerprint density at radius 1 is 1.25 bits per heavy atom. The smallest absolute Gasteiger partial charge is 0.295 e. The molecule has 0 bridgehead atoms. The lowest BCUT2D eigenvalue weighted by Crippen LogP contribution is -2.36. The van der Waals surface area contributed by atoms with E-state index >= 15 is 0 Å². The number of phenolic OH excluding ortho intramolecular Hbond substituents is 1. The maximum absolute atomic E-state index is 13.7. The molecule has 2 saturated heterocycles. The SMILES string of the molecule is COc1ccc(C2/C(=C(/O)c3ccc(F)c(C)c3)C(=O)C(=O)N2CC2CCCO2)cc1O. The van der Waals surface area contributed by atoms with Gasteiger partial charge in [0.15, 0.2) is 11.5 Å². The van der Waals surface area contributed by atoms with Crippen molar-refractivity contribution in [3.05, 3.63) is 64.5 Å². The summed E-state index contributed by atoms with van der Waals surface area (Å²) >= 11 is 0. The number of aryl methyl sites for hydroxylation is 1. The highest BCUT2D eigenvalue weighted by Gasteiger charge is 2.47. The molecule has 2 aromatic carbocycles. The average molecular weight is 441 g/mol. The van der Waals surface area contributed by atoms with Gasteiger partial charge in [0.1, 0.15) is 11.6 Å². The van der Waals surface area contributed by atoms with E-state index in [1.165, 1.54) is 42.3 Å². The minimum Gasteiger partial charge on any atom is -0.507 e. The van der Waals surface area contributed by atoms with Crippen molar-refractivity contribution in [2.45, 2.75) is 31.9 Å².